The number of hydrogen-bond acceptors (Lipinski definition) is 1. The topological polar surface area (TPSA) is 17.1 Å². The Labute approximate surface area is 98.0 Å². The van der Waals surface area contributed by atoms with Crippen LogP contribution in [0.15, 0.2) is 28.7 Å². The molecule has 2 aliphatic carbocycles. The predicted octanol–water partition coefficient (Wildman–Crippen LogP) is 3.32. The smallest absolute Gasteiger partial charge is 0.124 e. The molecule has 0 amide bonds. The van der Waals surface area contributed by atoms with E-state index in [1.54, 1.807) is 0 Å². The van der Waals surface area contributed by atoms with E-state index < -0.39 is 0 Å². The second-order valence-electron chi connectivity index (χ2n) is 4.74. The predicted molar refractivity (Wildman–Crippen MR) is 62.7 cm³/mol. The van der Waals surface area contributed by atoms with Gasteiger partial charge in [-0.25, -0.2) is 0 Å². The molecule has 0 heterocycles. The van der Waals surface area contributed by atoms with Crippen molar-refractivity contribution in [3.8, 4) is 0 Å². The monoisotopic (exact) mass is 264 g/mol. The molecule has 0 aromatic heterocycles. The van der Waals surface area contributed by atoms with Crippen LogP contribution in [0.1, 0.15) is 24.8 Å². The number of carbonyl (C=O) groups excluding carboxylic acids is 1. The highest BCUT2D eigenvalue weighted by atomic mass is 79.9. The van der Waals surface area contributed by atoms with E-state index in [4.69, 9.17) is 0 Å². The largest absolute Gasteiger partial charge is 0.303 e. The fourth-order valence-electron chi connectivity index (χ4n) is 2.91. The number of halogens is 1. The lowest BCUT2D eigenvalue weighted by Crippen LogP contribution is -2.14. The lowest BCUT2D eigenvalue weighted by molar-refractivity contribution is -0.109. The van der Waals surface area contributed by atoms with E-state index in [2.05, 4.69) is 34.1 Å². The summed E-state index contributed by atoms with van der Waals surface area (Å²) in [7, 11) is 0. The number of benzene rings is 1. The van der Waals surface area contributed by atoms with E-state index >= 15 is 0 Å². The van der Waals surface area contributed by atoms with Crippen LogP contribution < -0.4 is 0 Å². The van der Waals surface area contributed by atoms with Gasteiger partial charge in [0.1, 0.15) is 6.29 Å². The van der Waals surface area contributed by atoms with E-state index in [-0.39, 0.29) is 11.3 Å². The summed E-state index contributed by atoms with van der Waals surface area (Å²) in [4.78, 5) is 11.0. The second kappa shape index (κ2) is 3.18. The molecule has 2 unspecified atom stereocenters. The van der Waals surface area contributed by atoms with Crippen molar-refractivity contribution in [2.45, 2.75) is 24.7 Å². The van der Waals surface area contributed by atoms with Crippen LogP contribution in [0.3, 0.4) is 0 Å². The highest BCUT2D eigenvalue weighted by Gasteiger charge is 2.63. The Morgan fingerprint density at radius 3 is 2.60 bits per heavy atom. The number of rotatable bonds is 3. The van der Waals surface area contributed by atoms with Gasteiger partial charge in [0.2, 0.25) is 0 Å². The summed E-state index contributed by atoms with van der Waals surface area (Å²) in [6.45, 7) is 0. The van der Waals surface area contributed by atoms with Gasteiger partial charge in [0.05, 0.1) is 0 Å². The van der Waals surface area contributed by atoms with Crippen molar-refractivity contribution in [3.63, 3.8) is 0 Å². The molecule has 1 aromatic rings. The summed E-state index contributed by atoms with van der Waals surface area (Å²) in [5, 5.41) is 0. The molecule has 1 nitrogen and oxygen atoms in total. The van der Waals surface area contributed by atoms with E-state index in [1.165, 1.54) is 22.9 Å². The first kappa shape index (κ1) is 9.59. The van der Waals surface area contributed by atoms with Crippen LogP contribution in [0.4, 0.5) is 0 Å². The third-order valence-electron chi connectivity index (χ3n) is 3.90. The molecular weight excluding hydrogens is 252 g/mol. The Kier molecular flexibility index (Phi) is 2.03. The van der Waals surface area contributed by atoms with Crippen LogP contribution in [0, 0.1) is 11.8 Å². The van der Waals surface area contributed by atoms with E-state index in [1.807, 2.05) is 6.07 Å². The minimum atomic E-state index is 0.196. The average molecular weight is 265 g/mol. The van der Waals surface area contributed by atoms with Crippen LogP contribution in [0.25, 0.3) is 0 Å². The van der Waals surface area contributed by atoms with Crippen LogP contribution >= 0.6 is 15.9 Å². The molecule has 0 radical (unpaired) electrons. The van der Waals surface area contributed by atoms with Crippen LogP contribution in [0.2, 0.25) is 0 Å². The van der Waals surface area contributed by atoms with Gasteiger partial charge in [-0.05, 0) is 36.8 Å². The summed E-state index contributed by atoms with van der Waals surface area (Å²) >= 11 is 3.61. The number of hydrogen-bond donors (Lipinski definition) is 0. The maximum absolute atomic E-state index is 11.0. The Balaban J connectivity index is 2.04. The zero-order valence-electron chi connectivity index (χ0n) is 8.45. The molecule has 78 valence electrons. The zero-order valence-corrected chi connectivity index (χ0v) is 10.0. The lowest BCUT2D eigenvalue weighted by atomic mass is 9.88. The van der Waals surface area contributed by atoms with Crippen molar-refractivity contribution in [2.75, 3.05) is 0 Å². The zero-order chi connectivity index (χ0) is 10.5. The Morgan fingerprint density at radius 1 is 1.33 bits per heavy atom. The molecule has 0 spiro atoms. The van der Waals surface area contributed by atoms with Crippen molar-refractivity contribution in [1.82, 2.24) is 0 Å². The molecule has 2 fully saturated rings. The minimum Gasteiger partial charge on any atom is -0.303 e. The molecule has 0 bridgehead atoms. The van der Waals surface area contributed by atoms with Crippen molar-refractivity contribution in [3.05, 3.63) is 34.3 Å². The minimum absolute atomic E-state index is 0.196. The third kappa shape index (κ3) is 1.31. The SMILES string of the molecule is O=CC1CC1(c1ccccc1Br)C1CC1. The molecule has 0 saturated heterocycles. The summed E-state index contributed by atoms with van der Waals surface area (Å²) in [6.07, 6.45) is 4.80. The molecule has 2 atom stereocenters. The highest BCUT2D eigenvalue weighted by Crippen LogP contribution is 2.66. The summed E-state index contributed by atoms with van der Waals surface area (Å²) < 4.78 is 1.17. The van der Waals surface area contributed by atoms with Gasteiger partial charge in [0.25, 0.3) is 0 Å². The standard InChI is InChI=1S/C13H13BrO/c14-12-4-2-1-3-11(12)13(9-5-6-9)7-10(13)8-15/h1-4,8-10H,5-7H2. The first-order chi connectivity index (χ1) is 7.29. The molecular formula is C13H13BrO. The van der Waals surface area contributed by atoms with Gasteiger partial charge < -0.3 is 4.79 Å². The molecule has 2 saturated carbocycles. The van der Waals surface area contributed by atoms with Gasteiger partial charge in [-0.1, -0.05) is 34.1 Å². The Bertz CT molecular complexity index is 411. The van der Waals surface area contributed by atoms with Gasteiger partial charge >= 0.3 is 0 Å². The van der Waals surface area contributed by atoms with E-state index in [0.29, 0.717) is 0 Å². The maximum atomic E-state index is 11.0. The van der Waals surface area contributed by atoms with Crippen molar-refractivity contribution >= 4 is 22.2 Å². The lowest BCUT2D eigenvalue weighted by Gasteiger charge is -2.17. The molecule has 1 aromatic carbocycles. The molecule has 15 heavy (non-hydrogen) atoms. The average Bonchev–Trinajstić information content (AvgIpc) is 3.12. The highest BCUT2D eigenvalue weighted by molar-refractivity contribution is 9.10. The molecule has 0 N–H and O–H groups in total. The fourth-order valence-corrected chi connectivity index (χ4v) is 3.56. The fraction of sp³-hybridized carbons (Fsp3) is 0.462. The Hall–Kier alpha value is -0.630. The van der Waals surface area contributed by atoms with Gasteiger partial charge in [0, 0.05) is 15.8 Å². The maximum Gasteiger partial charge on any atom is 0.124 e. The van der Waals surface area contributed by atoms with Crippen molar-refractivity contribution in [2.24, 2.45) is 11.8 Å². The molecule has 0 aliphatic heterocycles. The molecule has 2 aliphatic rings. The van der Waals surface area contributed by atoms with E-state index in [0.717, 1.165) is 18.6 Å². The van der Waals surface area contributed by atoms with E-state index in [9.17, 15) is 4.79 Å². The summed E-state index contributed by atoms with van der Waals surface area (Å²) in [5.74, 6) is 1.02. The van der Waals surface area contributed by atoms with Crippen LogP contribution in [0.5, 0.6) is 0 Å². The van der Waals surface area contributed by atoms with Crippen LogP contribution in [-0.2, 0) is 10.2 Å². The number of aldehydes is 1. The van der Waals surface area contributed by atoms with Gasteiger partial charge in [-0.2, -0.15) is 0 Å². The Morgan fingerprint density at radius 2 is 2.07 bits per heavy atom. The molecule has 2 heteroatoms. The van der Waals surface area contributed by atoms with Crippen molar-refractivity contribution < 1.29 is 4.79 Å². The van der Waals surface area contributed by atoms with Gasteiger partial charge in [-0.15, -0.1) is 0 Å². The third-order valence-corrected chi connectivity index (χ3v) is 4.60. The van der Waals surface area contributed by atoms with Crippen LogP contribution in [-0.4, -0.2) is 6.29 Å². The van der Waals surface area contributed by atoms with Crippen molar-refractivity contribution in [1.29, 1.82) is 0 Å². The first-order valence-electron chi connectivity index (χ1n) is 5.49. The molecule has 3 rings (SSSR count). The summed E-state index contributed by atoms with van der Waals surface area (Å²) in [6, 6.07) is 8.36. The summed E-state index contributed by atoms with van der Waals surface area (Å²) in [5.41, 5.74) is 1.55. The van der Waals surface area contributed by atoms with Gasteiger partial charge in [0.15, 0.2) is 0 Å². The number of carbonyl (C=O) groups is 1. The van der Waals surface area contributed by atoms with Gasteiger partial charge in [-0.3, -0.25) is 0 Å². The second-order valence-corrected chi connectivity index (χ2v) is 5.60. The first-order valence-corrected chi connectivity index (χ1v) is 6.28. The quantitative estimate of drug-likeness (QED) is 0.766. The normalized spacial score (nSPS) is 33.8.